The number of hydrogen-bond donors (Lipinski definition) is 1. The van der Waals surface area contributed by atoms with E-state index in [9.17, 15) is 0 Å². The Morgan fingerprint density at radius 3 is 2.56 bits per heavy atom. The monoisotopic (exact) mass is 247 g/mol. The molecule has 1 aliphatic carbocycles. The third-order valence-corrected chi connectivity index (χ3v) is 4.00. The fraction of sp³-hybridized carbons (Fsp3) is 0.625. The molecule has 1 N–H and O–H groups in total. The predicted molar refractivity (Wildman–Crippen MR) is 76.3 cm³/mol. The Hall–Kier alpha value is -1.02. The zero-order valence-corrected chi connectivity index (χ0v) is 12.0. The van der Waals surface area contributed by atoms with Crippen LogP contribution in [-0.2, 0) is 6.54 Å². The Kier molecular flexibility index (Phi) is 4.28. The lowest BCUT2D eigenvalue weighted by Gasteiger charge is -2.27. The van der Waals surface area contributed by atoms with Gasteiger partial charge < -0.3 is 10.1 Å². The first-order chi connectivity index (χ1) is 8.61. The van der Waals surface area contributed by atoms with Crippen LogP contribution in [0.3, 0.4) is 0 Å². The van der Waals surface area contributed by atoms with Crippen molar-refractivity contribution in [3.05, 3.63) is 28.8 Å². The lowest BCUT2D eigenvalue weighted by atomic mass is 9.92. The summed E-state index contributed by atoms with van der Waals surface area (Å²) in [5.41, 5.74) is 4.04. The fourth-order valence-electron chi connectivity index (χ4n) is 2.43. The molecular formula is C16H25NO. The Balaban J connectivity index is 2.15. The van der Waals surface area contributed by atoms with E-state index >= 15 is 0 Å². The second-order valence-electron chi connectivity index (χ2n) is 5.68. The van der Waals surface area contributed by atoms with Crippen LogP contribution >= 0.6 is 0 Å². The molecule has 100 valence electrons. The second-order valence-corrected chi connectivity index (χ2v) is 5.68. The fourth-order valence-corrected chi connectivity index (χ4v) is 2.43. The first-order valence-electron chi connectivity index (χ1n) is 7.02. The minimum Gasteiger partial charge on any atom is -0.496 e. The molecule has 0 heterocycles. The van der Waals surface area contributed by atoms with Crippen LogP contribution in [0.1, 0.15) is 55.7 Å². The van der Waals surface area contributed by atoms with Crippen LogP contribution in [0.5, 0.6) is 5.75 Å². The smallest absolute Gasteiger partial charge is 0.122 e. The van der Waals surface area contributed by atoms with E-state index in [1.54, 1.807) is 7.11 Å². The number of aryl methyl sites for hydroxylation is 1. The van der Waals surface area contributed by atoms with Gasteiger partial charge in [-0.15, -0.1) is 0 Å². The van der Waals surface area contributed by atoms with Crippen LogP contribution in [0.4, 0.5) is 0 Å². The standard InChI is InChI=1S/C16H25NO/c1-11(2)15-9-13(10-17-14-6-5-7-14)12(3)8-16(15)18-4/h8-9,11,14,17H,5-7,10H2,1-4H3. The van der Waals surface area contributed by atoms with Gasteiger partial charge in [-0.25, -0.2) is 0 Å². The Bertz CT molecular complexity index is 408. The second kappa shape index (κ2) is 5.75. The molecule has 0 bridgehead atoms. The van der Waals surface area contributed by atoms with Gasteiger partial charge in [-0.3, -0.25) is 0 Å². The van der Waals surface area contributed by atoms with Gasteiger partial charge in [-0.2, -0.15) is 0 Å². The van der Waals surface area contributed by atoms with Gasteiger partial charge in [-0.05, 0) is 48.4 Å². The molecule has 0 unspecified atom stereocenters. The summed E-state index contributed by atoms with van der Waals surface area (Å²) in [5, 5.41) is 3.64. The van der Waals surface area contributed by atoms with Crippen LogP contribution < -0.4 is 10.1 Å². The molecular weight excluding hydrogens is 222 g/mol. The molecule has 0 aromatic heterocycles. The van der Waals surface area contributed by atoms with E-state index in [0.29, 0.717) is 5.92 Å². The van der Waals surface area contributed by atoms with Crippen LogP contribution in [0.2, 0.25) is 0 Å². The molecule has 0 saturated heterocycles. The summed E-state index contributed by atoms with van der Waals surface area (Å²) in [5.74, 6) is 1.53. The maximum atomic E-state index is 5.48. The summed E-state index contributed by atoms with van der Waals surface area (Å²) >= 11 is 0. The molecule has 0 atom stereocenters. The van der Waals surface area contributed by atoms with Crippen LogP contribution in [-0.4, -0.2) is 13.2 Å². The first-order valence-corrected chi connectivity index (χ1v) is 7.02. The summed E-state index contributed by atoms with van der Waals surface area (Å²) in [6.07, 6.45) is 4.06. The third-order valence-electron chi connectivity index (χ3n) is 4.00. The van der Waals surface area contributed by atoms with Crippen molar-refractivity contribution in [1.82, 2.24) is 5.32 Å². The number of benzene rings is 1. The van der Waals surface area contributed by atoms with E-state index in [1.165, 1.54) is 36.0 Å². The maximum Gasteiger partial charge on any atom is 0.122 e. The quantitative estimate of drug-likeness (QED) is 0.855. The third kappa shape index (κ3) is 2.86. The number of methoxy groups -OCH3 is 1. The average Bonchev–Trinajstić information content (AvgIpc) is 2.28. The van der Waals surface area contributed by atoms with E-state index in [1.807, 2.05) is 0 Å². The van der Waals surface area contributed by atoms with Crippen molar-refractivity contribution in [3.63, 3.8) is 0 Å². The summed E-state index contributed by atoms with van der Waals surface area (Å²) in [7, 11) is 1.76. The first kappa shape index (κ1) is 13.4. The molecule has 18 heavy (non-hydrogen) atoms. The van der Waals surface area contributed by atoms with Gasteiger partial charge >= 0.3 is 0 Å². The Morgan fingerprint density at radius 2 is 2.06 bits per heavy atom. The van der Waals surface area contributed by atoms with Gasteiger partial charge in [-0.1, -0.05) is 26.3 Å². The van der Waals surface area contributed by atoms with Gasteiger partial charge in [0.05, 0.1) is 7.11 Å². The highest BCUT2D eigenvalue weighted by Gasteiger charge is 2.17. The highest BCUT2D eigenvalue weighted by atomic mass is 16.5. The van der Waals surface area contributed by atoms with Crippen LogP contribution in [0, 0.1) is 6.92 Å². The summed E-state index contributed by atoms with van der Waals surface area (Å²) in [4.78, 5) is 0. The SMILES string of the molecule is COc1cc(C)c(CNC2CCC2)cc1C(C)C. The predicted octanol–water partition coefficient (Wildman–Crippen LogP) is 3.77. The van der Waals surface area contributed by atoms with E-state index in [-0.39, 0.29) is 0 Å². The van der Waals surface area contributed by atoms with Crippen LogP contribution in [0.15, 0.2) is 12.1 Å². The van der Waals surface area contributed by atoms with Crippen molar-refractivity contribution in [3.8, 4) is 5.75 Å². The van der Waals surface area contributed by atoms with Crippen molar-refractivity contribution in [2.24, 2.45) is 0 Å². The van der Waals surface area contributed by atoms with Gasteiger partial charge in [0.15, 0.2) is 0 Å². The van der Waals surface area contributed by atoms with Gasteiger partial charge in [0.2, 0.25) is 0 Å². The molecule has 2 rings (SSSR count). The molecule has 0 radical (unpaired) electrons. The van der Waals surface area contributed by atoms with Gasteiger partial charge in [0.1, 0.15) is 5.75 Å². The van der Waals surface area contributed by atoms with Crippen molar-refractivity contribution in [2.75, 3.05) is 7.11 Å². The van der Waals surface area contributed by atoms with E-state index in [2.05, 4.69) is 38.2 Å². The average molecular weight is 247 g/mol. The minimum atomic E-state index is 0.503. The van der Waals surface area contributed by atoms with Crippen molar-refractivity contribution >= 4 is 0 Å². The molecule has 1 saturated carbocycles. The van der Waals surface area contributed by atoms with Crippen molar-refractivity contribution < 1.29 is 4.74 Å². The molecule has 1 aliphatic rings. The highest BCUT2D eigenvalue weighted by molar-refractivity contribution is 5.43. The Morgan fingerprint density at radius 1 is 1.33 bits per heavy atom. The van der Waals surface area contributed by atoms with Gasteiger partial charge in [0, 0.05) is 12.6 Å². The zero-order chi connectivity index (χ0) is 13.1. The van der Waals surface area contributed by atoms with E-state index in [0.717, 1.165) is 18.3 Å². The largest absolute Gasteiger partial charge is 0.496 e. The number of hydrogen-bond acceptors (Lipinski definition) is 2. The summed E-state index contributed by atoms with van der Waals surface area (Å²) in [6.45, 7) is 7.59. The molecule has 2 nitrogen and oxygen atoms in total. The van der Waals surface area contributed by atoms with E-state index < -0.39 is 0 Å². The molecule has 1 aromatic carbocycles. The molecule has 0 spiro atoms. The Labute approximate surface area is 111 Å². The maximum absolute atomic E-state index is 5.48. The minimum absolute atomic E-state index is 0.503. The summed E-state index contributed by atoms with van der Waals surface area (Å²) < 4.78 is 5.48. The molecule has 1 aromatic rings. The van der Waals surface area contributed by atoms with Crippen molar-refractivity contribution in [2.45, 2.75) is 58.5 Å². The van der Waals surface area contributed by atoms with Crippen molar-refractivity contribution in [1.29, 1.82) is 0 Å². The lowest BCUT2D eigenvalue weighted by Crippen LogP contribution is -2.34. The number of nitrogens with one attached hydrogen (secondary N) is 1. The highest BCUT2D eigenvalue weighted by Crippen LogP contribution is 2.30. The number of ether oxygens (including phenoxy) is 1. The molecule has 0 aliphatic heterocycles. The zero-order valence-electron chi connectivity index (χ0n) is 12.0. The molecule has 0 amide bonds. The molecule has 2 heteroatoms. The van der Waals surface area contributed by atoms with E-state index in [4.69, 9.17) is 4.74 Å². The van der Waals surface area contributed by atoms with Gasteiger partial charge in [0.25, 0.3) is 0 Å². The topological polar surface area (TPSA) is 21.3 Å². The van der Waals surface area contributed by atoms with Crippen LogP contribution in [0.25, 0.3) is 0 Å². The lowest BCUT2D eigenvalue weighted by molar-refractivity contribution is 0.338. The number of rotatable bonds is 5. The molecule has 1 fully saturated rings. The summed E-state index contributed by atoms with van der Waals surface area (Å²) in [6, 6.07) is 5.23. The normalized spacial score (nSPS) is 15.8.